The van der Waals surface area contributed by atoms with Gasteiger partial charge in [-0.25, -0.2) is 0 Å². The topological polar surface area (TPSA) is 57.6 Å². The van der Waals surface area contributed by atoms with E-state index < -0.39 is 0 Å². The summed E-state index contributed by atoms with van der Waals surface area (Å²) in [6.07, 6.45) is 1.70. The highest BCUT2D eigenvalue weighted by Gasteiger charge is 2.35. The number of imide groups is 1. The molecule has 4 nitrogen and oxygen atoms in total. The van der Waals surface area contributed by atoms with Crippen LogP contribution in [0.5, 0.6) is 5.75 Å². The van der Waals surface area contributed by atoms with Crippen LogP contribution in [0.2, 0.25) is 0 Å². The lowest BCUT2D eigenvalue weighted by molar-refractivity contribution is -0.123. The maximum atomic E-state index is 12.8. The fraction of sp³-hybridized carbons (Fsp3) is 0.0476. The van der Waals surface area contributed by atoms with Gasteiger partial charge in [0.25, 0.3) is 11.1 Å². The molecule has 1 N–H and O–H groups in total. The van der Waals surface area contributed by atoms with Crippen LogP contribution in [0.25, 0.3) is 16.8 Å². The molecule has 0 unspecified atom stereocenters. The molecule has 0 aromatic heterocycles. The average Bonchev–Trinajstić information content (AvgIpc) is 2.93. The predicted molar refractivity (Wildman–Crippen MR) is 129 cm³/mol. The zero-order valence-electron chi connectivity index (χ0n) is 14.4. The summed E-state index contributed by atoms with van der Waals surface area (Å²) in [6.45, 7) is 0.248. The first kappa shape index (κ1) is 19.7. The maximum Gasteiger partial charge on any atom is 0.293 e. The SMILES string of the molecule is O=C1S/C(=C\c2cc(I)c(O)c(I)c2)C(=O)N1Cc1ccc2ccccc2c1. The largest absolute Gasteiger partial charge is 0.506 e. The average molecular weight is 613 g/mol. The number of halogens is 2. The molecule has 0 spiro atoms. The van der Waals surface area contributed by atoms with E-state index in [2.05, 4.69) is 0 Å². The Morgan fingerprint density at radius 2 is 1.64 bits per heavy atom. The molecule has 3 aromatic rings. The molecule has 2 amide bonds. The highest BCUT2D eigenvalue weighted by atomic mass is 127. The van der Waals surface area contributed by atoms with Crippen LogP contribution in [-0.4, -0.2) is 21.2 Å². The van der Waals surface area contributed by atoms with Gasteiger partial charge in [-0.2, -0.15) is 0 Å². The lowest BCUT2D eigenvalue weighted by Crippen LogP contribution is -2.27. The van der Waals surface area contributed by atoms with Gasteiger partial charge in [0.1, 0.15) is 5.75 Å². The molecule has 1 aliphatic heterocycles. The highest BCUT2D eigenvalue weighted by Crippen LogP contribution is 2.35. The summed E-state index contributed by atoms with van der Waals surface area (Å²) in [6, 6.07) is 17.5. The molecule has 1 heterocycles. The Hall–Kier alpha value is -1.59. The van der Waals surface area contributed by atoms with Gasteiger partial charge < -0.3 is 5.11 Å². The van der Waals surface area contributed by atoms with Crippen molar-refractivity contribution in [3.63, 3.8) is 0 Å². The Kier molecular flexibility index (Phi) is 5.66. The van der Waals surface area contributed by atoms with E-state index >= 15 is 0 Å². The van der Waals surface area contributed by atoms with Crippen molar-refractivity contribution < 1.29 is 14.7 Å². The number of rotatable bonds is 3. The van der Waals surface area contributed by atoms with Crippen LogP contribution in [0.3, 0.4) is 0 Å². The third kappa shape index (κ3) is 3.92. The number of carbonyl (C=O) groups is 2. The van der Waals surface area contributed by atoms with E-state index in [1.165, 1.54) is 4.90 Å². The Morgan fingerprint density at radius 3 is 2.36 bits per heavy atom. The molecule has 4 rings (SSSR count). The van der Waals surface area contributed by atoms with Gasteiger partial charge in [0, 0.05) is 0 Å². The summed E-state index contributed by atoms with van der Waals surface area (Å²) in [5.74, 6) is -0.0657. The number of nitrogens with zero attached hydrogens (tertiary/aromatic N) is 1. The minimum atomic E-state index is -0.291. The summed E-state index contributed by atoms with van der Waals surface area (Å²) in [5.41, 5.74) is 1.69. The maximum absolute atomic E-state index is 12.8. The second kappa shape index (κ2) is 8.03. The predicted octanol–water partition coefficient (Wildman–Crippen LogP) is 5.99. The Balaban J connectivity index is 1.60. The van der Waals surface area contributed by atoms with Crippen LogP contribution < -0.4 is 0 Å². The summed E-state index contributed by atoms with van der Waals surface area (Å²) in [4.78, 5) is 26.9. The first-order chi connectivity index (χ1) is 13.4. The van der Waals surface area contributed by atoms with E-state index in [1.54, 1.807) is 18.2 Å². The molecule has 0 bridgehead atoms. The van der Waals surface area contributed by atoms with Crippen molar-refractivity contribution in [3.8, 4) is 5.75 Å². The van der Waals surface area contributed by atoms with Crippen molar-refractivity contribution in [1.82, 2.24) is 4.90 Å². The van der Waals surface area contributed by atoms with Gasteiger partial charge in [-0.05, 0) is 103 Å². The van der Waals surface area contributed by atoms with Crippen molar-refractivity contribution in [2.45, 2.75) is 6.54 Å². The van der Waals surface area contributed by atoms with Crippen LogP contribution in [0, 0.1) is 7.14 Å². The number of carbonyl (C=O) groups excluding carboxylic acids is 2. The fourth-order valence-corrected chi connectivity index (χ4v) is 5.63. The number of hydrogen-bond acceptors (Lipinski definition) is 4. The number of phenols is 1. The van der Waals surface area contributed by atoms with Crippen LogP contribution in [0.1, 0.15) is 11.1 Å². The first-order valence-electron chi connectivity index (χ1n) is 8.33. The van der Waals surface area contributed by atoms with Crippen LogP contribution in [0.15, 0.2) is 59.5 Å². The molecule has 0 saturated carbocycles. The molecule has 1 aliphatic rings. The summed E-state index contributed by atoms with van der Waals surface area (Å²) >= 11 is 5.04. The minimum Gasteiger partial charge on any atom is -0.506 e. The molecular weight excluding hydrogens is 600 g/mol. The quantitative estimate of drug-likeness (QED) is 0.292. The Bertz CT molecular complexity index is 1140. The normalized spacial score (nSPS) is 15.8. The van der Waals surface area contributed by atoms with Crippen molar-refractivity contribution in [3.05, 3.63) is 77.8 Å². The van der Waals surface area contributed by atoms with E-state index in [9.17, 15) is 14.7 Å². The molecular formula is C21H13I2NO3S. The van der Waals surface area contributed by atoms with Crippen LogP contribution in [-0.2, 0) is 11.3 Å². The summed E-state index contributed by atoms with van der Waals surface area (Å²) < 4.78 is 1.40. The van der Waals surface area contributed by atoms with E-state index in [1.807, 2.05) is 87.6 Å². The number of thioether (sulfide) groups is 1. The highest BCUT2D eigenvalue weighted by molar-refractivity contribution is 14.1. The molecule has 3 aromatic carbocycles. The summed E-state index contributed by atoms with van der Waals surface area (Å²) in [5, 5.41) is 11.8. The Morgan fingerprint density at radius 1 is 0.964 bits per heavy atom. The molecule has 0 atom stereocenters. The first-order valence-corrected chi connectivity index (χ1v) is 11.3. The van der Waals surface area contributed by atoms with Gasteiger partial charge >= 0.3 is 0 Å². The third-order valence-electron chi connectivity index (χ3n) is 4.37. The number of hydrogen-bond donors (Lipinski definition) is 1. The molecule has 140 valence electrons. The molecule has 28 heavy (non-hydrogen) atoms. The number of amides is 2. The molecule has 1 saturated heterocycles. The Labute approximate surface area is 193 Å². The molecule has 7 heteroatoms. The molecule has 1 fully saturated rings. The van der Waals surface area contributed by atoms with Gasteiger partial charge in [-0.1, -0.05) is 36.4 Å². The van der Waals surface area contributed by atoms with Crippen molar-refractivity contribution in [1.29, 1.82) is 0 Å². The smallest absolute Gasteiger partial charge is 0.293 e. The number of phenolic OH excluding ortho intramolecular Hbond substituents is 1. The lowest BCUT2D eigenvalue weighted by Gasteiger charge is -2.13. The molecule has 0 radical (unpaired) electrons. The van der Waals surface area contributed by atoms with E-state index in [4.69, 9.17) is 0 Å². The lowest BCUT2D eigenvalue weighted by atomic mass is 10.1. The zero-order chi connectivity index (χ0) is 19.8. The van der Waals surface area contributed by atoms with Crippen LogP contribution in [0.4, 0.5) is 4.79 Å². The number of fused-ring (bicyclic) bond motifs is 1. The van der Waals surface area contributed by atoms with E-state index in [0.717, 1.165) is 33.7 Å². The summed E-state index contributed by atoms with van der Waals surface area (Å²) in [7, 11) is 0. The van der Waals surface area contributed by atoms with Gasteiger partial charge in [-0.3, -0.25) is 14.5 Å². The second-order valence-electron chi connectivity index (χ2n) is 6.28. The number of aromatic hydroxyl groups is 1. The second-order valence-corrected chi connectivity index (χ2v) is 9.60. The standard InChI is InChI=1S/C21H13I2NO3S/c22-16-8-13(9-17(23)19(16)25)10-18-20(26)24(21(27)28-18)11-12-5-6-14-3-1-2-4-15(14)7-12/h1-10,25H,11H2/b18-10-. The van der Waals surface area contributed by atoms with Gasteiger partial charge in [0.05, 0.1) is 18.6 Å². The van der Waals surface area contributed by atoms with Crippen molar-refractivity contribution in [2.24, 2.45) is 0 Å². The van der Waals surface area contributed by atoms with E-state index in [-0.39, 0.29) is 23.4 Å². The number of benzene rings is 3. The fourth-order valence-electron chi connectivity index (χ4n) is 2.98. The van der Waals surface area contributed by atoms with Gasteiger partial charge in [0.2, 0.25) is 0 Å². The van der Waals surface area contributed by atoms with Gasteiger partial charge in [-0.15, -0.1) is 0 Å². The monoisotopic (exact) mass is 613 g/mol. The minimum absolute atomic E-state index is 0.225. The third-order valence-corrected chi connectivity index (χ3v) is 6.92. The molecule has 0 aliphatic carbocycles. The van der Waals surface area contributed by atoms with Crippen molar-refractivity contribution >= 4 is 84.9 Å². The van der Waals surface area contributed by atoms with E-state index in [0.29, 0.717) is 12.0 Å². The zero-order valence-corrected chi connectivity index (χ0v) is 19.5. The van der Waals surface area contributed by atoms with Gasteiger partial charge in [0.15, 0.2) is 0 Å². The van der Waals surface area contributed by atoms with Crippen molar-refractivity contribution in [2.75, 3.05) is 0 Å². The van der Waals surface area contributed by atoms with Crippen LogP contribution >= 0.6 is 56.9 Å².